The molecule has 0 unspecified atom stereocenters. The van der Waals surface area contributed by atoms with Gasteiger partial charge in [0.2, 0.25) is 0 Å². The van der Waals surface area contributed by atoms with Crippen LogP contribution < -0.4 is 11.1 Å². The first-order valence-corrected chi connectivity index (χ1v) is 5.07. The van der Waals surface area contributed by atoms with E-state index in [1.54, 1.807) is 0 Å². The molecule has 0 bridgehead atoms. The fourth-order valence-electron chi connectivity index (χ4n) is 1.21. The molecule has 0 amide bonds. The summed E-state index contributed by atoms with van der Waals surface area (Å²) < 4.78 is 0. The van der Waals surface area contributed by atoms with Gasteiger partial charge in [0.1, 0.15) is 0 Å². The van der Waals surface area contributed by atoms with E-state index in [0.717, 1.165) is 26.1 Å². The van der Waals surface area contributed by atoms with Crippen LogP contribution in [0.25, 0.3) is 0 Å². The molecule has 3 heteroatoms. The van der Waals surface area contributed by atoms with Gasteiger partial charge in [0.25, 0.3) is 0 Å². The molecule has 0 aliphatic rings. The summed E-state index contributed by atoms with van der Waals surface area (Å²) in [4.78, 5) is 4.45. The average molecular weight is 185 g/mol. The van der Waals surface area contributed by atoms with E-state index in [-0.39, 0.29) is 0 Å². The molecule has 0 spiro atoms. The Balaban J connectivity index is 3.36. The lowest BCUT2D eigenvalue weighted by Gasteiger charge is -2.04. The van der Waals surface area contributed by atoms with Crippen molar-refractivity contribution in [3.8, 4) is 0 Å². The zero-order chi connectivity index (χ0) is 10.1. The fraction of sp³-hybridized carbons (Fsp3) is 0.900. The largest absolute Gasteiger partial charge is 0.329 e. The molecule has 0 radical (unpaired) electrons. The van der Waals surface area contributed by atoms with Crippen LogP contribution in [0.4, 0.5) is 0 Å². The molecule has 13 heavy (non-hydrogen) atoms. The van der Waals surface area contributed by atoms with E-state index in [9.17, 15) is 0 Å². The van der Waals surface area contributed by atoms with Gasteiger partial charge in [-0.05, 0) is 19.3 Å². The monoisotopic (exact) mass is 185 g/mol. The van der Waals surface area contributed by atoms with Crippen LogP contribution in [0.2, 0.25) is 0 Å². The summed E-state index contributed by atoms with van der Waals surface area (Å²) in [5, 5.41) is 3.21. The molecule has 0 aromatic heterocycles. The standard InChI is InChI=1S/C10H23N3/c1-9(2)8-10(3)13-7-6-12-5-4-11/h9,12H,4-8,11H2,1-3H3/b13-10+. The van der Waals surface area contributed by atoms with E-state index in [1.165, 1.54) is 5.71 Å². The summed E-state index contributed by atoms with van der Waals surface area (Å²) in [6.45, 7) is 9.93. The Morgan fingerprint density at radius 2 is 2.08 bits per heavy atom. The molecule has 0 saturated carbocycles. The van der Waals surface area contributed by atoms with Crippen molar-refractivity contribution in [1.29, 1.82) is 0 Å². The SMILES string of the molecule is C/C(CC(C)C)=N\CCNCCN. The Bertz CT molecular complexity index is 141. The van der Waals surface area contributed by atoms with E-state index in [2.05, 4.69) is 31.1 Å². The molecule has 0 aliphatic heterocycles. The predicted octanol–water partition coefficient (Wildman–Crippen LogP) is 1.04. The maximum absolute atomic E-state index is 5.34. The van der Waals surface area contributed by atoms with Gasteiger partial charge in [0.05, 0.1) is 6.54 Å². The van der Waals surface area contributed by atoms with E-state index in [4.69, 9.17) is 5.73 Å². The fourth-order valence-corrected chi connectivity index (χ4v) is 1.21. The second-order valence-corrected chi connectivity index (χ2v) is 3.75. The van der Waals surface area contributed by atoms with Crippen LogP contribution in [0.5, 0.6) is 0 Å². The van der Waals surface area contributed by atoms with Gasteiger partial charge in [-0.15, -0.1) is 0 Å². The molecule has 3 N–H and O–H groups in total. The number of aliphatic imine (C=N–C) groups is 1. The molecule has 0 aliphatic carbocycles. The van der Waals surface area contributed by atoms with Crippen LogP contribution in [0.15, 0.2) is 4.99 Å². The van der Waals surface area contributed by atoms with Gasteiger partial charge in [-0.2, -0.15) is 0 Å². The molecule has 0 fully saturated rings. The van der Waals surface area contributed by atoms with Gasteiger partial charge >= 0.3 is 0 Å². The number of hydrogen-bond donors (Lipinski definition) is 2. The van der Waals surface area contributed by atoms with E-state index in [1.807, 2.05) is 0 Å². The van der Waals surface area contributed by atoms with Crippen molar-refractivity contribution in [1.82, 2.24) is 5.32 Å². The molecular formula is C10H23N3. The molecule has 0 aromatic carbocycles. The van der Waals surface area contributed by atoms with E-state index in [0.29, 0.717) is 12.5 Å². The molecule has 0 atom stereocenters. The number of rotatable bonds is 7. The van der Waals surface area contributed by atoms with Crippen LogP contribution in [-0.2, 0) is 0 Å². The highest BCUT2D eigenvalue weighted by Gasteiger charge is 1.95. The highest BCUT2D eigenvalue weighted by atomic mass is 14.9. The lowest BCUT2D eigenvalue weighted by Crippen LogP contribution is -2.25. The van der Waals surface area contributed by atoms with Gasteiger partial charge in [-0.25, -0.2) is 0 Å². The molecule has 3 nitrogen and oxygen atoms in total. The molecule has 0 rings (SSSR count). The Kier molecular flexibility index (Phi) is 7.94. The predicted molar refractivity (Wildman–Crippen MR) is 59.4 cm³/mol. The quantitative estimate of drug-likeness (QED) is 0.460. The third-order valence-electron chi connectivity index (χ3n) is 1.70. The molecule has 0 heterocycles. The Morgan fingerprint density at radius 1 is 1.38 bits per heavy atom. The lowest BCUT2D eigenvalue weighted by molar-refractivity contribution is 0.672. The first-order valence-electron chi connectivity index (χ1n) is 5.07. The minimum absolute atomic E-state index is 0.703. The second kappa shape index (κ2) is 8.20. The Morgan fingerprint density at radius 3 is 2.62 bits per heavy atom. The van der Waals surface area contributed by atoms with Crippen molar-refractivity contribution in [2.75, 3.05) is 26.2 Å². The van der Waals surface area contributed by atoms with Crippen molar-refractivity contribution in [3.05, 3.63) is 0 Å². The number of hydrogen-bond acceptors (Lipinski definition) is 3. The lowest BCUT2D eigenvalue weighted by atomic mass is 10.1. The normalized spacial score (nSPS) is 12.5. The van der Waals surface area contributed by atoms with Crippen molar-refractivity contribution in [2.45, 2.75) is 27.2 Å². The molecule has 0 aromatic rings. The van der Waals surface area contributed by atoms with E-state index < -0.39 is 0 Å². The van der Waals surface area contributed by atoms with Crippen molar-refractivity contribution in [2.24, 2.45) is 16.6 Å². The van der Waals surface area contributed by atoms with Crippen molar-refractivity contribution in [3.63, 3.8) is 0 Å². The molecular weight excluding hydrogens is 162 g/mol. The van der Waals surface area contributed by atoms with E-state index >= 15 is 0 Å². The smallest absolute Gasteiger partial charge is 0.0513 e. The summed E-state index contributed by atoms with van der Waals surface area (Å²) in [5.41, 5.74) is 6.59. The second-order valence-electron chi connectivity index (χ2n) is 3.75. The summed E-state index contributed by atoms with van der Waals surface area (Å²) in [5.74, 6) is 0.709. The van der Waals surface area contributed by atoms with Gasteiger partial charge in [0, 0.05) is 25.3 Å². The summed E-state index contributed by atoms with van der Waals surface area (Å²) in [6, 6.07) is 0. The zero-order valence-corrected chi connectivity index (χ0v) is 9.14. The van der Waals surface area contributed by atoms with Crippen LogP contribution in [0, 0.1) is 5.92 Å². The van der Waals surface area contributed by atoms with Crippen molar-refractivity contribution < 1.29 is 0 Å². The number of nitrogens with two attached hydrogens (primary N) is 1. The minimum Gasteiger partial charge on any atom is -0.329 e. The highest BCUT2D eigenvalue weighted by Crippen LogP contribution is 2.00. The van der Waals surface area contributed by atoms with Gasteiger partial charge in [0.15, 0.2) is 0 Å². The van der Waals surface area contributed by atoms with Crippen LogP contribution in [0.3, 0.4) is 0 Å². The topological polar surface area (TPSA) is 50.4 Å². The first kappa shape index (κ1) is 12.6. The molecule has 0 saturated heterocycles. The number of nitrogens with one attached hydrogen (secondary N) is 1. The third kappa shape index (κ3) is 9.50. The maximum atomic E-state index is 5.34. The van der Waals surface area contributed by atoms with Crippen LogP contribution in [0.1, 0.15) is 27.2 Å². The zero-order valence-electron chi connectivity index (χ0n) is 9.14. The number of nitrogens with zero attached hydrogens (tertiary/aromatic N) is 1. The van der Waals surface area contributed by atoms with Crippen molar-refractivity contribution >= 4 is 5.71 Å². The minimum atomic E-state index is 0.703. The summed E-state index contributed by atoms with van der Waals surface area (Å²) >= 11 is 0. The first-order chi connectivity index (χ1) is 6.16. The van der Waals surface area contributed by atoms with Crippen LogP contribution in [-0.4, -0.2) is 31.9 Å². The Hall–Kier alpha value is -0.410. The highest BCUT2D eigenvalue weighted by molar-refractivity contribution is 5.82. The van der Waals surface area contributed by atoms with Crippen LogP contribution >= 0.6 is 0 Å². The maximum Gasteiger partial charge on any atom is 0.0513 e. The van der Waals surface area contributed by atoms with Gasteiger partial charge < -0.3 is 11.1 Å². The van der Waals surface area contributed by atoms with Gasteiger partial charge in [-0.1, -0.05) is 13.8 Å². The van der Waals surface area contributed by atoms with Gasteiger partial charge in [-0.3, -0.25) is 4.99 Å². The average Bonchev–Trinajstić information content (AvgIpc) is 2.02. The molecule has 78 valence electrons. The summed E-state index contributed by atoms with van der Waals surface area (Å²) in [6.07, 6.45) is 1.11. The third-order valence-corrected chi connectivity index (χ3v) is 1.70. The Labute approximate surface area is 81.8 Å². The summed E-state index contributed by atoms with van der Waals surface area (Å²) in [7, 11) is 0.